The number of aromatic nitrogens is 3. The molecule has 0 aliphatic carbocycles. The topological polar surface area (TPSA) is 108 Å². The summed E-state index contributed by atoms with van der Waals surface area (Å²) in [6.07, 6.45) is 0.232. The number of carbonyl (C=O) groups is 1. The predicted octanol–water partition coefficient (Wildman–Crippen LogP) is 4.72. The van der Waals surface area contributed by atoms with Gasteiger partial charge in [-0.15, -0.1) is 0 Å². The maximum Gasteiger partial charge on any atom is 0.410 e. The monoisotopic (exact) mass is 470 g/mol. The van der Waals surface area contributed by atoms with Crippen LogP contribution < -0.4 is 5.32 Å². The van der Waals surface area contributed by atoms with Gasteiger partial charge in [0.25, 0.3) is 0 Å². The third-order valence-corrected chi connectivity index (χ3v) is 7.30. The van der Waals surface area contributed by atoms with Crippen molar-refractivity contribution >= 4 is 31.1 Å². The van der Waals surface area contributed by atoms with Gasteiger partial charge in [-0.25, -0.2) is 14.8 Å². The molecule has 0 unspecified atom stereocenters. The first-order chi connectivity index (χ1) is 15.6. The van der Waals surface area contributed by atoms with E-state index in [2.05, 4.69) is 34.9 Å². The van der Waals surface area contributed by atoms with Crippen LogP contribution in [0.1, 0.15) is 12.5 Å². The average Bonchev–Trinajstić information content (AvgIpc) is 3.34. The Morgan fingerprint density at radius 2 is 1.94 bits per heavy atom. The van der Waals surface area contributed by atoms with E-state index in [1.165, 1.54) is 6.20 Å². The van der Waals surface area contributed by atoms with E-state index in [1.807, 2.05) is 41.8 Å². The molecule has 9 nitrogen and oxygen atoms in total. The molecule has 1 aliphatic heterocycles. The molecule has 0 atom stereocenters. The highest BCUT2D eigenvalue weighted by Crippen LogP contribution is 2.33. The highest BCUT2D eigenvalue weighted by atomic mass is 28.3. The van der Waals surface area contributed by atoms with E-state index < -0.39 is 20.0 Å². The summed E-state index contributed by atoms with van der Waals surface area (Å²) in [5.74, 6) is -0.553. The molecule has 0 bridgehead atoms. The molecule has 2 N–H and O–H groups in total. The van der Waals surface area contributed by atoms with Crippen LogP contribution in [0.2, 0.25) is 25.7 Å². The number of hydrogen-bond acceptors (Lipinski definition) is 6. The van der Waals surface area contributed by atoms with Crippen molar-refractivity contribution in [1.29, 1.82) is 0 Å². The predicted molar refractivity (Wildman–Crippen MR) is 128 cm³/mol. The lowest BCUT2D eigenvalue weighted by molar-refractivity contribution is -0.149. The van der Waals surface area contributed by atoms with E-state index >= 15 is 0 Å². The fourth-order valence-electron chi connectivity index (χ4n) is 3.72. The van der Waals surface area contributed by atoms with Gasteiger partial charge in [-0.05, 0) is 24.6 Å². The molecule has 10 heteroatoms. The van der Waals surface area contributed by atoms with E-state index in [4.69, 9.17) is 19.3 Å². The SMILES string of the molecule is CC1(c2ccc(-c3cc4nc(NC(=O)O)cnc4n3COCC[Si](C)(C)C)cc2)OCCO1. The summed E-state index contributed by atoms with van der Waals surface area (Å²) in [5.41, 5.74) is 4.01. The minimum atomic E-state index is -1.21. The number of nitrogens with one attached hydrogen (secondary N) is 1. The van der Waals surface area contributed by atoms with Crippen molar-refractivity contribution in [3.8, 4) is 11.3 Å². The molecule has 4 rings (SSSR count). The smallest absolute Gasteiger partial charge is 0.410 e. The zero-order valence-electron chi connectivity index (χ0n) is 19.4. The van der Waals surface area contributed by atoms with Gasteiger partial charge >= 0.3 is 6.09 Å². The maximum atomic E-state index is 11.0. The molecule has 3 heterocycles. The first-order valence-electron chi connectivity index (χ1n) is 11.0. The van der Waals surface area contributed by atoms with Crippen LogP contribution in [0.3, 0.4) is 0 Å². The average molecular weight is 471 g/mol. The van der Waals surface area contributed by atoms with E-state index in [-0.39, 0.29) is 5.82 Å². The van der Waals surface area contributed by atoms with Gasteiger partial charge < -0.3 is 19.3 Å². The molecule has 176 valence electrons. The van der Waals surface area contributed by atoms with Crippen LogP contribution in [-0.4, -0.2) is 53.6 Å². The van der Waals surface area contributed by atoms with Crippen LogP contribution in [0, 0.1) is 0 Å². The Morgan fingerprint density at radius 1 is 1.24 bits per heavy atom. The number of fused-ring (bicyclic) bond motifs is 1. The maximum absolute atomic E-state index is 11.0. The summed E-state index contributed by atoms with van der Waals surface area (Å²) in [5, 5.41) is 11.3. The molecule has 3 aromatic rings. The van der Waals surface area contributed by atoms with Crippen molar-refractivity contribution in [3.63, 3.8) is 0 Å². The third kappa shape index (κ3) is 5.41. The number of carboxylic acid groups (broad SMARTS) is 1. The number of rotatable bonds is 8. The highest BCUT2D eigenvalue weighted by molar-refractivity contribution is 6.76. The summed E-state index contributed by atoms with van der Waals surface area (Å²) >= 11 is 0. The van der Waals surface area contributed by atoms with Gasteiger partial charge in [0.2, 0.25) is 0 Å². The summed E-state index contributed by atoms with van der Waals surface area (Å²) in [6, 6.07) is 11.0. The number of benzene rings is 1. The summed E-state index contributed by atoms with van der Waals surface area (Å²) in [4.78, 5) is 19.9. The second kappa shape index (κ2) is 9.22. The molecule has 1 aliphatic rings. The number of nitrogens with zero attached hydrogens (tertiary/aromatic N) is 3. The molecule has 0 radical (unpaired) electrons. The lowest BCUT2D eigenvalue weighted by Crippen LogP contribution is -2.22. The Bertz CT molecular complexity index is 1130. The molecule has 1 aromatic carbocycles. The minimum Gasteiger partial charge on any atom is -0.465 e. The van der Waals surface area contributed by atoms with Crippen LogP contribution in [0.25, 0.3) is 22.4 Å². The van der Waals surface area contributed by atoms with Gasteiger partial charge in [-0.3, -0.25) is 9.88 Å². The van der Waals surface area contributed by atoms with Crippen LogP contribution in [0.15, 0.2) is 36.5 Å². The van der Waals surface area contributed by atoms with Crippen LogP contribution in [0.5, 0.6) is 0 Å². The minimum absolute atomic E-state index is 0.178. The normalized spacial score (nSPS) is 15.8. The standard InChI is InChI=1S/C23H30N4O5Si/c1-23(31-9-10-32-23)17-7-5-16(6-8-17)19-13-18-21(24-14-20(25-18)26-22(28)29)27(19)15-30-11-12-33(2,3)4/h5-8,13-14H,9-12,15H2,1-4H3,(H,25,26)(H,28,29). The highest BCUT2D eigenvalue weighted by Gasteiger charge is 2.33. The van der Waals surface area contributed by atoms with Crippen LogP contribution >= 0.6 is 0 Å². The lowest BCUT2D eigenvalue weighted by Gasteiger charge is -2.23. The Labute approximate surface area is 193 Å². The molecule has 1 amide bonds. The second-order valence-electron chi connectivity index (χ2n) is 9.42. The van der Waals surface area contributed by atoms with E-state index in [0.717, 1.165) is 22.9 Å². The van der Waals surface area contributed by atoms with E-state index in [0.29, 0.717) is 37.7 Å². The molecule has 1 saturated heterocycles. The lowest BCUT2D eigenvalue weighted by atomic mass is 10.0. The molecule has 0 spiro atoms. The Hall–Kier alpha value is -2.79. The molecular weight excluding hydrogens is 440 g/mol. The van der Waals surface area contributed by atoms with Crippen molar-refractivity contribution in [2.75, 3.05) is 25.1 Å². The third-order valence-electron chi connectivity index (χ3n) is 5.59. The zero-order chi connectivity index (χ0) is 23.6. The van der Waals surface area contributed by atoms with E-state index in [9.17, 15) is 4.79 Å². The van der Waals surface area contributed by atoms with E-state index in [1.54, 1.807) is 0 Å². The van der Waals surface area contributed by atoms with Gasteiger partial charge in [0.05, 0.1) is 25.1 Å². The first kappa shape index (κ1) is 23.4. The summed E-state index contributed by atoms with van der Waals surface area (Å²) in [6.45, 7) is 11.0. The first-order valence-corrected chi connectivity index (χ1v) is 14.7. The molecule has 1 fully saturated rings. The van der Waals surface area contributed by atoms with Crippen molar-refractivity contribution in [3.05, 3.63) is 42.1 Å². The zero-order valence-corrected chi connectivity index (χ0v) is 20.4. The number of anilines is 1. The fourth-order valence-corrected chi connectivity index (χ4v) is 4.48. The van der Waals surface area contributed by atoms with Gasteiger partial charge in [-0.2, -0.15) is 0 Å². The van der Waals surface area contributed by atoms with Gasteiger partial charge in [0.1, 0.15) is 12.2 Å². The van der Waals surface area contributed by atoms with Crippen LogP contribution in [0.4, 0.5) is 10.6 Å². The summed E-state index contributed by atoms with van der Waals surface area (Å²) in [7, 11) is -1.21. The largest absolute Gasteiger partial charge is 0.465 e. The quantitative estimate of drug-likeness (QED) is 0.362. The van der Waals surface area contributed by atoms with Crippen molar-refractivity contribution < 1.29 is 24.1 Å². The molecule has 0 saturated carbocycles. The Kier molecular flexibility index (Phi) is 6.53. The van der Waals surface area contributed by atoms with Gasteiger partial charge in [0, 0.05) is 20.2 Å². The van der Waals surface area contributed by atoms with Crippen molar-refractivity contribution in [2.45, 2.75) is 45.1 Å². The van der Waals surface area contributed by atoms with Crippen LogP contribution in [-0.2, 0) is 26.7 Å². The Balaban J connectivity index is 1.66. The number of amides is 1. The summed E-state index contributed by atoms with van der Waals surface area (Å²) < 4.78 is 19.5. The number of ether oxygens (including phenoxy) is 3. The Morgan fingerprint density at radius 3 is 2.58 bits per heavy atom. The molecule has 2 aromatic heterocycles. The molecular formula is C23H30N4O5Si. The molecule has 33 heavy (non-hydrogen) atoms. The number of hydrogen-bond donors (Lipinski definition) is 2. The van der Waals surface area contributed by atoms with Gasteiger partial charge in [-0.1, -0.05) is 43.9 Å². The van der Waals surface area contributed by atoms with Crippen molar-refractivity contribution in [2.24, 2.45) is 0 Å². The second-order valence-corrected chi connectivity index (χ2v) is 15.0. The fraction of sp³-hybridized carbons (Fsp3) is 0.435. The van der Waals surface area contributed by atoms with Gasteiger partial charge in [0.15, 0.2) is 17.3 Å². The van der Waals surface area contributed by atoms with Crippen molar-refractivity contribution in [1.82, 2.24) is 14.5 Å².